The number of imidazole rings is 1. The predicted molar refractivity (Wildman–Crippen MR) is 76.8 cm³/mol. The van der Waals surface area contributed by atoms with Gasteiger partial charge in [0.1, 0.15) is 5.82 Å². The Morgan fingerprint density at radius 1 is 1.33 bits per heavy atom. The molecule has 1 aromatic rings. The molecule has 116 valence electrons. The fourth-order valence-electron chi connectivity index (χ4n) is 2.79. The molecule has 0 bridgehead atoms. The highest BCUT2D eigenvalue weighted by Gasteiger charge is 2.30. The molecule has 0 saturated heterocycles. The van der Waals surface area contributed by atoms with Crippen molar-refractivity contribution in [2.45, 2.75) is 32.1 Å². The lowest BCUT2D eigenvalue weighted by atomic mass is 9.79. The normalized spacial score (nSPS) is 21.7. The second-order valence-corrected chi connectivity index (χ2v) is 5.41. The van der Waals surface area contributed by atoms with Crippen molar-refractivity contribution in [3.8, 4) is 0 Å². The highest BCUT2D eigenvalue weighted by molar-refractivity contribution is 5.74. The molecule has 2 amide bonds. The van der Waals surface area contributed by atoms with Gasteiger partial charge >= 0.3 is 12.0 Å². The maximum atomic E-state index is 11.7. The van der Waals surface area contributed by atoms with Gasteiger partial charge in [-0.25, -0.2) is 9.78 Å². The van der Waals surface area contributed by atoms with Gasteiger partial charge < -0.3 is 20.7 Å². The Hall–Kier alpha value is -2.05. The van der Waals surface area contributed by atoms with E-state index in [0.29, 0.717) is 25.9 Å². The minimum atomic E-state index is -0.750. The van der Waals surface area contributed by atoms with Crippen molar-refractivity contribution in [3.63, 3.8) is 0 Å². The van der Waals surface area contributed by atoms with Crippen LogP contribution in [0.5, 0.6) is 0 Å². The van der Waals surface area contributed by atoms with Gasteiger partial charge in [0.05, 0.1) is 5.92 Å². The van der Waals surface area contributed by atoms with Crippen LogP contribution in [0, 0.1) is 11.8 Å². The molecule has 1 heterocycles. The smallest absolute Gasteiger partial charge is 0.314 e. The number of carboxylic acid groups (broad SMARTS) is 1. The van der Waals surface area contributed by atoms with Gasteiger partial charge in [-0.05, 0) is 18.8 Å². The van der Waals surface area contributed by atoms with Gasteiger partial charge in [0.15, 0.2) is 0 Å². The summed E-state index contributed by atoms with van der Waals surface area (Å²) in [5.41, 5.74) is 0. The molecular weight excluding hydrogens is 272 g/mol. The number of aliphatic carboxylic acids is 1. The molecule has 0 aliphatic heterocycles. The number of H-pyrrole nitrogens is 1. The van der Waals surface area contributed by atoms with E-state index in [1.54, 1.807) is 12.4 Å². The average molecular weight is 294 g/mol. The van der Waals surface area contributed by atoms with Crippen molar-refractivity contribution in [2.75, 3.05) is 13.1 Å². The number of carboxylic acids is 1. The summed E-state index contributed by atoms with van der Waals surface area (Å²) in [6.07, 6.45) is 7.63. The fourth-order valence-corrected chi connectivity index (χ4v) is 2.79. The van der Waals surface area contributed by atoms with Crippen LogP contribution in [0.25, 0.3) is 0 Å². The second-order valence-electron chi connectivity index (χ2n) is 5.41. The molecule has 2 rings (SSSR count). The maximum absolute atomic E-state index is 11.7. The predicted octanol–water partition coefficient (Wildman–Crippen LogP) is 1.14. The van der Waals surface area contributed by atoms with E-state index in [4.69, 9.17) is 0 Å². The van der Waals surface area contributed by atoms with Crippen LogP contribution in [0.1, 0.15) is 31.5 Å². The number of aromatic nitrogens is 2. The molecule has 7 heteroatoms. The Morgan fingerprint density at radius 2 is 2.14 bits per heavy atom. The summed E-state index contributed by atoms with van der Waals surface area (Å²) in [4.78, 5) is 29.9. The standard InChI is InChI=1S/C14H22N4O3/c19-13(20)11-4-2-1-3-10(11)9-18-14(21)17-6-5-12-15-7-8-16-12/h7-8,10-11H,1-6,9H2,(H,15,16)(H,19,20)(H2,17,18,21). The number of carbonyl (C=O) groups excluding carboxylic acids is 1. The van der Waals surface area contributed by atoms with E-state index in [0.717, 1.165) is 25.1 Å². The summed E-state index contributed by atoms with van der Waals surface area (Å²) < 4.78 is 0. The van der Waals surface area contributed by atoms with Gasteiger partial charge in [-0.1, -0.05) is 12.8 Å². The summed E-state index contributed by atoms with van der Waals surface area (Å²) in [7, 11) is 0. The monoisotopic (exact) mass is 294 g/mol. The first-order valence-electron chi connectivity index (χ1n) is 7.39. The van der Waals surface area contributed by atoms with Crippen LogP contribution >= 0.6 is 0 Å². The molecule has 4 N–H and O–H groups in total. The van der Waals surface area contributed by atoms with Gasteiger partial charge in [-0.15, -0.1) is 0 Å². The lowest BCUT2D eigenvalue weighted by Crippen LogP contribution is -2.42. The molecular formula is C14H22N4O3. The van der Waals surface area contributed by atoms with Crippen molar-refractivity contribution in [3.05, 3.63) is 18.2 Å². The van der Waals surface area contributed by atoms with Crippen molar-refractivity contribution >= 4 is 12.0 Å². The lowest BCUT2D eigenvalue weighted by molar-refractivity contribution is -0.144. The molecule has 1 fully saturated rings. The first kappa shape index (κ1) is 15.3. The molecule has 0 aromatic carbocycles. The number of hydrogen-bond donors (Lipinski definition) is 4. The second kappa shape index (κ2) is 7.66. The van der Waals surface area contributed by atoms with Gasteiger partial charge in [-0.3, -0.25) is 4.79 Å². The molecule has 1 aliphatic carbocycles. The van der Waals surface area contributed by atoms with E-state index in [9.17, 15) is 14.7 Å². The first-order chi connectivity index (χ1) is 10.2. The minimum Gasteiger partial charge on any atom is -0.481 e. The van der Waals surface area contributed by atoms with E-state index in [-0.39, 0.29) is 17.9 Å². The van der Waals surface area contributed by atoms with Crippen LogP contribution < -0.4 is 10.6 Å². The number of amides is 2. The summed E-state index contributed by atoms with van der Waals surface area (Å²) in [6.45, 7) is 0.913. The quantitative estimate of drug-likeness (QED) is 0.631. The highest BCUT2D eigenvalue weighted by atomic mass is 16.4. The van der Waals surface area contributed by atoms with Crippen molar-refractivity contribution in [1.29, 1.82) is 0 Å². The fraction of sp³-hybridized carbons (Fsp3) is 0.643. The number of urea groups is 1. The Balaban J connectivity index is 1.66. The van der Waals surface area contributed by atoms with Crippen LogP contribution in [0.4, 0.5) is 4.79 Å². The molecule has 0 spiro atoms. The molecule has 21 heavy (non-hydrogen) atoms. The Kier molecular flexibility index (Phi) is 5.59. The van der Waals surface area contributed by atoms with E-state index in [2.05, 4.69) is 20.6 Å². The molecule has 2 unspecified atom stereocenters. The number of hydrogen-bond acceptors (Lipinski definition) is 3. The molecule has 1 saturated carbocycles. The number of nitrogens with zero attached hydrogens (tertiary/aromatic N) is 1. The van der Waals surface area contributed by atoms with E-state index >= 15 is 0 Å². The van der Waals surface area contributed by atoms with Gasteiger partial charge in [-0.2, -0.15) is 0 Å². The van der Waals surface area contributed by atoms with Crippen LogP contribution in [0.3, 0.4) is 0 Å². The topological polar surface area (TPSA) is 107 Å². The Labute approximate surface area is 123 Å². The van der Waals surface area contributed by atoms with Crippen LogP contribution in [-0.4, -0.2) is 40.2 Å². The third kappa shape index (κ3) is 4.77. The van der Waals surface area contributed by atoms with Crippen molar-refractivity contribution in [2.24, 2.45) is 11.8 Å². The Bertz CT molecular complexity index is 461. The van der Waals surface area contributed by atoms with Gasteiger partial charge in [0.2, 0.25) is 0 Å². The van der Waals surface area contributed by atoms with Crippen molar-refractivity contribution in [1.82, 2.24) is 20.6 Å². The average Bonchev–Trinajstić information content (AvgIpc) is 2.98. The lowest BCUT2D eigenvalue weighted by Gasteiger charge is -2.28. The van der Waals surface area contributed by atoms with E-state index < -0.39 is 5.97 Å². The van der Waals surface area contributed by atoms with Crippen LogP contribution in [-0.2, 0) is 11.2 Å². The maximum Gasteiger partial charge on any atom is 0.314 e. The summed E-state index contributed by atoms with van der Waals surface area (Å²) in [5, 5.41) is 14.7. The third-order valence-corrected chi connectivity index (χ3v) is 3.95. The highest BCUT2D eigenvalue weighted by Crippen LogP contribution is 2.29. The summed E-state index contributed by atoms with van der Waals surface area (Å²) >= 11 is 0. The summed E-state index contributed by atoms with van der Waals surface area (Å²) in [6, 6.07) is -0.253. The first-order valence-corrected chi connectivity index (χ1v) is 7.39. The minimum absolute atomic E-state index is 0.0343. The third-order valence-electron chi connectivity index (χ3n) is 3.95. The SMILES string of the molecule is O=C(NCCc1ncc[nH]1)NCC1CCCCC1C(=O)O. The zero-order chi connectivity index (χ0) is 15.1. The van der Waals surface area contributed by atoms with E-state index in [1.807, 2.05) is 0 Å². The molecule has 7 nitrogen and oxygen atoms in total. The summed E-state index contributed by atoms with van der Waals surface area (Å²) in [5.74, 6) is -0.220. The number of carbonyl (C=O) groups is 2. The molecule has 2 atom stereocenters. The number of aromatic amines is 1. The molecule has 1 aromatic heterocycles. The van der Waals surface area contributed by atoms with Gasteiger partial charge in [0.25, 0.3) is 0 Å². The van der Waals surface area contributed by atoms with Crippen LogP contribution in [0.2, 0.25) is 0 Å². The zero-order valence-electron chi connectivity index (χ0n) is 12.0. The molecule has 1 aliphatic rings. The Morgan fingerprint density at radius 3 is 2.86 bits per heavy atom. The van der Waals surface area contributed by atoms with Crippen molar-refractivity contribution < 1.29 is 14.7 Å². The largest absolute Gasteiger partial charge is 0.481 e. The molecule has 0 radical (unpaired) electrons. The number of nitrogens with one attached hydrogen (secondary N) is 3. The zero-order valence-corrected chi connectivity index (χ0v) is 12.0. The number of rotatable bonds is 6. The van der Waals surface area contributed by atoms with Crippen LogP contribution in [0.15, 0.2) is 12.4 Å². The van der Waals surface area contributed by atoms with Gasteiger partial charge in [0, 0.05) is 31.9 Å². The van der Waals surface area contributed by atoms with E-state index in [1.165, 1.54) is 0 Å².